The number of imidazole rings is 2. The Balaban J connectivity index is 1.21. The topological polar surface area (TPSA) is 316 Å². The fourth-order valence-electron chi connectivity index (χ4n) is 8.07. The first-order valence-corrected chi connectivity index (χ1v) is 24.5. The molecule has 0 amide bonds. The van der Waals surface area contributed by atoms with E-state index in [0.29, 0.717) is 11.4 Å². The number of aromatic nitrogens is 8. The summed E-state index contributed by atoms with van der Waals surface area (Å²) in [7, 11) is -4.95. The molecule has 1 spiro atoms. The predicted molar refractivity (Wildman–Crippen MR) is 219 cm³/mol. The number of aryl methyl sites for hydroxylation is 1. The van der Waals surface area contributed by atoms with Gasteiger partial charge in [0.15, 0.2) is 28.9 Å². The van der Waals surface area contributed by atoms with Crippen LogP contribution in [0.25, 0.3) is 22.3 Å². The van der Waals surface area contributed by atoms with Crippen LogP contribution in [0.5, 0.6) is 0 Å². The van der Waals surface area contributed by atoms with Crippen molar-refractivity contribution in [2.24, 2.45) is 28.1 Å². The van der Waals surface area contributed by atoms with Gasteiger partial charge in [-0.25, -0.2) is 38.6 Å². The first-order chi connectivity index (χ1) is 29.6. The monoisotopic (exact) mass is 941 g/mol. The highest BCUT2D eigenvalue weighted by atomic mass is 32.7. The molecule has 8 rings (SSSR count). The van der Waals surface area contributed by atoms with Crippen LogP contribution in [0.3, 0.4) is 0 Å². The van der Waals surface area contributed by atoms with Crippen molar-refractivity contribution in [3.8, 4) is 0 Å². The first-order valence-electron chi connectivity index (χ1n) is 19.9. The van der Waals surface area contributed by atoms with Gasteiger partial charge in [-0.3, -0.25) is 37.0 Å². The van der Waals surface area contributed by atoms with E-state index in [1.165, 1.54) is 23.5 Å². The Bertz CT molecular complexity index is 2580. The van der Waals surface area contributed by atoms with E-state index in [1.807, 2.05) is 0 Å². The Morgan fingerprint density at radius 2 is 1.70 bits per heavy atom. The van der Waals surface area contributed by atoms with Crippen LogP contribution < -0.4 is 11.3 Å². The van der Waals surface area contributed by atoms with Crippen molar-refractivity contribution in [2.45, 2.75) is 91.6 Å². The number of fused-ring (bicyclic) bond motifs is 4. The molecular weight excluding hydrogens is 892 g/mol. The molecule has 6 heterocycles. The number of ether oxygens (including phenoxy) is 3. The maximum absolute atomic E-state index is 15.1. The van der Waals surface area contributed by atoms with E-state index in [2.05, 4.69) is 29.9 Å². The Labute approximate surface area is 363 Å². The number of aliphatic hydroxyl groups is 2. The predicted octanol–water partition coefficient (Wildman–Crippen LogP) is 3.15. The summed E-state index contributed by atoms with van der Waals surface area (Å²) in [4.78, 5) is 62.4. The van der Waals surface area contributed by atoms with Crippen molar-refractivity contribution >= 4 is 66.1 Å². The number of carbonyl (C=O) groups excluding carboxylic acids is 2. The minimum Gasteiger partial charge on any atom is -0.454 e. The number of nitrogen functional groups attached to an aromatic ring is 1. The zero-order chi connectivity index (χ0) is 45.4. The van der Waals surface area contributed by atoms with Crippen LogP contribution in [0, 0.1) is 35.0 Å². The van der Waals surface area contributed by atoms with Crippen molar-refractivity contribution in [2.75, 3.05) is 38.3 Å². The van der Waals surface area contributed by atoms with Crippen LogP contribution in [-0.2, 0) is 55.5 Å². The van der Waals surface area contributed by atoms with E-state index >= 15 is 9.13 Å². The average Bonchev–Trinajstić information content (AvgIpc) is 3.49. The molecule has 2 bridgehead atoms. The normalized spacial score (nSPS) is 33.5. The molecule has 0 unspecified atom stereocenters. The average molecular weight is 942 g/mol. The number of esters is 2. The van der Waals surface area contributed by atoms with Gasteiger partial charge in [0, 0.05) is 22.7 Å². The molecule has 4 aromatic rings. The number of nitrogens with two attached hydrogens (primary N) is 1. The number of anilines is 1. The molecule has 5 N–H and O–H groups in total. The molecule has 2 saturated heterocycles. The molecule has 11 atom stereocenters. The van der Waals surface area contributed by atoms with Gasteiger partial charge in [0.05, 0.1) is 55.5 Å². The molecule has 0 aromatic carbocycles. The molecular formula is C36H49N9O15P2S. The number of hydrogen-bond acceptors (Lipinski definition) is 22. The van der Waals surface area contributed by atoms with Crippen LogP contribution in [0.4, 0.5) is 5.82 Å². The van der Waals surface area contributed by atoms with Crippen molar-refractivity contribution in [3.05, 3.63) is 35.2 Å². The minimum absolute atomic E-state index is 0.0443. The van der Waals surface area contributed by atoms with Crippen LogP contribution in [-0.4, -0.2) is 118 Å². The third-order valence-electron chi connectivity index (χ3n) is 11.5. The lowest BCUT2D eigenvalue weighted by Crippen LogP contribution is -2.38. The lowest BCUT2D eigenvalue weighted by Gasteiger charge is -2.32. The number of phosphoric ester groups is 1. The third-order valence-corrected chi connectivity index (χ3v) is 16.2. The summed E-state index contributed by atoms with van der Waals surface area (Å²) in [6.07, 6.45) is -2.73. The molecule has 24 nitrogen and oxygen atoms in total. The van der Waals surface area contributed by atoms with Gasteiger partial charge in [-0.05, 0) is 60.8 Å². The highest BCUT2D eigenvalue weighted by molar-refractivity contribution is 8.55. The van der Waals surface area contributed by atoms with Gasteiger partial charge in [0.2, 0.25) is 6.79 Å². The van der Waals surface area contributed by atoms with Gasteiger partial charge < -0.3 is 39.7 Å². The third kappa shape index (κ3) is 8.58. The fraction of sp³-hybridized carbons (Fsp3) is 0.667. The van der Waals surface area contributed by atoms with Gasteiger partial charge >= 0.3 is 26.6 Å². The SMILES string of the molecule is Cc1nc2c(ncn2[C@@H]2O[C@@H]3CO[P@@](=O)(SCOC(=O)C(C)(C)C)O[C@H]4[C@@H](O)[C@H](n5cnc6c(N)ncnc65)[C@H]5C[C@@]54CO[P@@](=O)(OCOC(=O)C(C)(C)C)O[C@@H]2[C@@H]3CO)c(=O)[nH]1. The molecule has 2 aliphatic heterocycles. The molecule has 0 radical (unpaired) electrons. The molecule has 63 heavy (non-hydrogen) atoms. The van der Waals surface area contributed by atoms with Crippen molar-refractivity contribution in [1.29, 1.82) is 0 Å². The van der Waals surface area contributed by atoms with Crippen molar-refractivity contribution < 1.29 is 65.8 Å². The van der Waals surface area contributed by atoms with Gasteiger partial charge in [-0.2, -0.15) is 0 Å². The number of rotatable bonds is 9. The van der Waals surface area contributed by atoms with Gasteiger partial charge in [-0.15, -0.1) is 0 Å². The second kappa shape index (κ2) is 16.5. The minimum atomic E-state index is -4.95. The van der Waals surface area contributed by atoms with E-state index in [0.717, 1.165) is 0 Å². The second-order valence-corrected chi connectivity index (χ2v) is 23.5. The van der Waals surface area contributed by atoms with E-state index in [1.54, 1.807) is 53.0 Å². The molecule has 4 aliphatic rings. The standard InChI is InChI=1S/C36H49N9O15P2S/c1-17-42-29-22(30(48)43-17)41-14-45(29)31-25-18(9-46)20(58-31)10-55-62(52,63-16-54-33(50)35(5,6)7)60-26-24(47)23(44-13-40-21-27(37)38-12-39-28(21)44)19-8-36(19,26)11-56-61(51,59-25)57-15-53-32(49)34(2,3)4/h12-14,18-20,23-26,31,46-47H,8-11,15-16H2,1-7H3,(H2,37,38,39)(H,42,43,48)/t18-,19-,20-,23-,24+,25-,26+,31-,36-,61+,62-/m1/s1. The molecule has 344 valence electrons. The Morgan fingerprint density at radius 1 is 1.00 bits per heavy atom. The van der Waals surface area contributed by atoms with Crippen LogP contribution >= 0.6 is 26.0 Å². The van der Waals surface area contributed by atoms with E-state index in [-0.39, 0.29) is 40.4 Å². The summed E-state index contributed by atoms with van der Waals surface area (Å²) >= 11 is 0.545. The van der Waals surface area contributed by atoms with Gasteiger partial charge in [-0.1, -0.05) is 0 Å². The number of nitrogens with zero attached hydrogens (tertiary/aromatic N) is 7. The zero-order valence-electron chi connectivity index (χ0n) is 35.3. The molecule has 2 saturated carbocycles. The van der Waals surface area contributed by atoms with Crippen molar-refractivity contribution in [3.63, 3.8) is 0 Å². The number of carbonyl (C=O) groups is 2. The molecule has 27 heteroatoms. The largest absolute Gasteiger partial charge is 0.478 e. The van der Waals surface area contributed by atoms with Crippen LogP contribution in [0.1, 0.15) is 66.1 Å². The maximum Gasteiger partial charge on any atom is 0.478 e. The Morgan fingerprint density at radius 3 is 2.41 bits per heavy atom. The molecule has 2 aliphatic carbocycles. The summed E-state index contributed by atoms with van der Waals surface area (Å²) in [6, 6.07) is -0.853. The number of phosphoric acid groups is 1. The summed E-state index contributed by atoms with van der Waals surface area (Å²) < 4.78 is 81.0. The summed E-state index contributed by atoms with van der Waals surface area (Å²) in [5, 5.41) is 23.1. The second-order valence-electron chi connectivity index (χ2n) is 17.9. The van der Waals surface area contributed by atoms with Crippen molar-refractivity contribution in [1.82, 2.24) is 39.0 Å². The van der Waals surface area contributed by atoms with Crippen LogP contribution in [0.2, 0.25) is 0 Å². The van der Waals surface area contributed by atoms with Crippen LogP contribution in [0.15, 0.2) is 23.8 Å². The highest BCUT2D eigenvalue weighted by Crippen LogP contribution is 2.74. The molecule has 4 fully saturated rings. The fourth-order valence-corrected chi connectivity index (χ4v) is 12.2. The van der Waals surface area contributed by atoms with E-state index < -0.39 is 129 Å². The summed E-state index contributed by atoms with van der Waals surface area (Å²) in [5.74, 6) is -3.14. The Kier molecular flexibility index (Phi) is 12.0. The van der Waals surface area contributed by atoms with Gasteiger partial charge in [0.1, 0.15) is 41.9 Å². The molecule has 4 aromatic heterocycles. The van der Waals surface area contributed by atoms with Gasteiger partial charge in [0.25, 0.3) is 5.56 Å². The summed E-state index contributed by atoms with van der Waals surface area (Å²) in [6.45, 7) is 4.10. The quantitative estimate of drug-likeness (QED) is 0.106. The van der Waals surface area contributed by atoms with E-state index in [9.17, 15) is 24.6 Å². The maximum atomic E-state index is 15.1. The lowest BCUT2D eigenvalue weighted by molar-refractivity contribution is -0.161. The zero-order valence-corrected chi connectivity index (χ0v) is 37.9. The number of hydrogen-bond donors (Lipinski definition) is 4. The summed E-state index contributed by atoms with van der Waals surface area (Å²) in [5.41, 5.74) is 2.91. The number of aliphatic hydroxyl groups excluding tert-OH is 2. The number of H-pyrrole nitrogens is 1. The van der Waals surface area contributed by atoms with E-state index in [4.69, 9.17) is 42.6 Å². The number of aromatic amines is 1. The highest BCUT2D eigenvalue weighted by Gasteiger charge is 2.74. The lowest BCUT2D eigenvalue weighted by atomic mass is 9.98. The smallest absolute Gasteiger partial charge is 0.454 e. The first kappa shape index (κ1) is 45.7. The Hall–Kier alpha value is -3.87. The number of nitrogens with one attached hydrogen (secondary N) is 1.